The lowest BCUT2D eigenvalue weighted by Gasteiger charge is -2.01. The number of carbonyl (C=O) groups is 2. The van der Waals surface area contributed by atoms with Gasteiger partial charge in [-0.05, 0) is 20.3 Å². The molecule has 86 valence electrons. The van der Waals surface area contributed by atoms with E-state index in [2.05, 4.69) is 16.3 Å². The van der Waals surface area contributed by atoms with Gasteiger partial charge in [0, 0.05) is 11.1 Å². The summed E-state index contributed by atoms with van der Waals surface area (Å²) in [6.45, 7) is 6.57. The molecule has 0 aliphatic heterocycles. The molecule has 5 heteroatoms. The normalized spacial score (nSPS) is 10.2. The van der Waals surface area contributed by atoms with Crippen molar-refractivity contribution in [1.29, 1.82) is 0 Å². The van der Waals surface area contributed by atoms with Gasteiger partial charge in [-0.3, -0.25) is 0 Å². The van der Waals surface area contributed by atoms with Crippen molar-refractivity contribution in [3.05, 3.63) is 23.8 Å². The van der Waals surface area contributed by atoms with Crippen LogP contribution in [-0.2, 0) is 19.1 Å². The first kappa shape index (κ1) is 14.0. The summed E-state index contributed by atoms with van der Waals surface area (Å²) in [5.41, 5.74) is 0.447. The Morgan fingerprint density at radius 3 is 2.50 bits per heavy atom. The number of aliphatic imine (C=N–C) groups is 1. The van der Waals surface area contributed by atoms with Crippen molar-refractivity contribution < 1.29 is 19.1 Å². The summed E-state index contributed by atoms with van der Waals surface area (Å²) in [5, 5.41) is 0. The number of nitrogens with zero attached hydrogens (tertiary/aromatic N) is 1. The standard InChI is InChI=1S/C11H13NO4/c1-8(2)10(14)16-11(15)9(3)5-4-6-12-7-13/h5H,1,4,6H2,2-3H3. The highest BCUT2D eigenvalue weighted by molar-refractivity contribution is 6.00. The zero-order chi connectivity index (χ0) is 12.6. The lowest BCUT2D eigenvalue weighted by atomic mass is 10.2. The van der Waals surface area contributed by atoms with Crippen LogP contribution >= 0.6 is 0 Å². The van der Waals surface area contributed by atoms with Crippen LogP contribution < -0.4 is 0 Å². The maximum Gasteiger partial charge on any atom is 0.341 e. The summed E-state index contributed by atoms with van der Waals surface area (Å²) in [6.07, 6.45) is 3.33. The van der Waals surface area contributed by atoms with Gasteiger partial charge in [0.1, 0.15) is 0 Å². The van der Waals surface area contributed by atoms with Crippen molar-refractivity contribution in [3.63, 3.8) is 0 Å². The lowest BCUT2D eigenvalue weighted by molar-refractivity contribution is -0.153. The predicted molar refractivity (Wildman–Crippen MR) is 57.3 cm³/mol. The van der Waals surface area contributed by atoms with Gasteiger partial charge < -0.3 is 4.74 Å². The van der Waals surface area contributed by atoms with Gasteiger partial charge in [0.15, 0.2) is 0 Å². The molecule has 0 aromatic heterocycles. The van der Waals surface area contributed by atoms with Crippen LogP contribution in [0.5, 0.6) is 0 Å². The van der Waals surface area contributed by atoms with E-state index in [1.807, 2.05) is 0 Å². The second-order valence-electron chi connectivity index (χ2n) is 3.11. The number of carbonyl (C=O) groups excluding carboxylic acids is 3. The number of hydrogen-bond acceptors (Lipinski definition) is 5. The monoisotopic (exact) mass is 223 g/mol. The van der Waals surface area contributed by atoms with Gasteiger partial charge in [-0.2, -0.15) is 0 Å². The SMILES string of the molecule is C=C(C)C(=O)OC(=O)C(C)=CCCN=C=O. The fourth-order valence-corrected chi connectivity index (χ4v) is 0.726. The van der Waals surface area contributed by atoms with E-state index in [4.69, 9.17) is 0 Å². The fourth-order valence-electron chi connectivity index (χ4n) is 0.726. The number of esters is 2. The zero-order valence-corrected chi connectivity index (χ0v) is 9.28. The first-order chi connectivity index (χ1) is 7.49. The van der Waals surface area contributed by atoms with E-state index >= 15 is 0 Å². The van der Waals surface area contributed by atoms with Gasteiger partial charge in [0.25, 0.3) is 0 Å². The van der Waals surface area contributed by atoms with Gasteiger partial charge in [-0.1, -0.05) is 12.7 Å². The number of rotatable bonds is 5. The van der Waals surface area contributed by atoms with Crippen LogP contribution in [-0.4, -0.2) is 24.6 Å². The van der Waals surface area contributed by atoms with Gasteiger partial charge >= 0.3 is 11.9 Å². The first-order valence-corrected chi connectivity index (χ1v) is 4.61. The summed E-state index contributed by atoms with van der Waals surface area (Å²) in [7, 11) is 0. The third-order valence-corrected chi connectivity index (χ3v) is 1.61. The molecule has 0 unspecified atom stereocenters. The number of isocyanates is 1. The van der Waals surface area contributed by atoms with Crippen LogP contribution in [0, 0.1) is 0 Å². The second kappa shape index (κ2) is 7.31. The molecule has 0 aliphatic carbocycles. The highest BCUT2D eigenvalue weighted by atomic mass is 16.6. The van der Waals surface area contributed by atoms with Crippen molar-refractivity contribution in [3.8, 4) is 0 Å². The van der Waals surface area contributed by atoms with E-state index in [1.165, 1.54) is 26.0 Å². The van der Waals surface area contributed by atoms with Gasteiger partial charge in [0.2, 0.25) is 6.08 Å². The van der Waals surface area contributed by atoms with Gasteiger partial charge in [-0.15, -0.1) is 0 Å². The Bertz CT molecular complexity index is 375. The predicted octanol–water partition coefficient (Wildman–Crippen LogP) is 1.30. The summed E-state index contributed by atoms with van der Waals surface area (Å²) in [5.74, 6) is -1.47. The highest BCUT2D eigenvalue weighted by Crippen LogP contribution is 2.02. The molecule has 0 spiro atoms. The molecule has 0 rings (SSSR count). The molecule has 0 N–H and O–H groups in total. The number of ether oxygens (including phenoxy) is 1. The molecule has 0 heterocycles. The second-order valence-corrected chi connectivity index (χ2v) is 3.11. The molecule has 0 bridgehead atoms. The molecule has 0 saturated heterocycles. The maximum absolute atomic E-state index is 11.3. The molecule has 0 saturated carbocycles. The summed E-state index contributed by atoms with van der Waals surface area (Å²) < 4.78 is 4.48. The summed E-state index contributed by atoms with van der Waals surface area (Å²) in [6, 6.07) is 0. The average molecular weight is 223 g/mol. The van der Waals surface area contributed by atoms with Crippen LogP contribution in [0.2, 0.25) is 0 Å². The molecule has 0 fully saturated rings. The minimum absolute atomic E-state index is 0.159. The summed E-state index contributed by atoms with van der Waals surface area (Å²) in [4.78, 5) is 35.3. The molecule has 0 amide bonds. The summed E-state index contributed by atoms with van der Waals surface area (Å²) >= 11 is 0. The average Bonchev–Trinajstić information content (AvgIpc) is 2.23. The van der Waals surface area contributed by atoms with Crippen molar-refractivity contribution in [1.82, 2.24) is 0 Å². The van der Waals surface area contributed by atoms with Crippen LogP contribution in [0.3, 0.4) is 0 Å². The van der Waals surface area contributed by atoms with Crippen LogP contribution in [0.15, 0.2) is 28.8 Å². The van der Waals surface area contributed by atoms with Crippen molar-refractivity contribution >= 4 is 18.0 Å². The zero-order valence-electron chi connectivity index (χ0n) is 9.28. The topological polar surface area (TPSA) is 72.8 Å². The van der Waals surface area contributed by atoms with Crippen molar-refractivity contribution in [2.75, 3.05) is 6.54 Å². The Labute approximate surface area is 93.5 Å². The molecule has 0 atom stereocenters. The van der Waals surface area contributed by atoms with E-state index in [-0.39, 0.29) is 17.7 Å². The highest BCUT2D eigenvalue weighted by Gasteiger charge is 2.12. The Hall–Kier alpha value is -2.00. The molecule has 0 aliphatic rings. The number of hydrogen-bond donors (Lipinski definition) is 0. The molecule has 16 heavy (non-hydrogen) atoms. The van der Waals surface area contributed by atoms with Crippen LogP contribution in [0.1, 0.15) is 20.3 Å². The third-order valence-electron chi connectivity index (χ3n) is 1.61. The Morgan fingerprint density at radius 1 is 1.38 bits per heavy atom. The van der Waals surface area contributed by atoms with E-state index < -0.39 is 11.9 Å². The largest absolute Gasteiger partial charge is 0.386 e. The van der Waals surface area contributed by atoms with Crippen LogP contribution in [0.4, 0.5) is 0 Å². The van der Waals surface area contributed by atoms with Crippen LogP contribution in [0.25, 0.3) is 0 Å². The molecule has 5 nitrogen and oxygen atoms in total. The Balaban J connectivity index is 4.22. The van der Waals surface area contributed by atoms with E-state index in [0.717, 1.165) is 0 Å². The maximum atomic E-state index is 11.3. The Kier molecular flexibility index (Phi) is 6.40. The minimum Gasteiger partial charge on any atom is -0.386 e. The first-order valence-electron chi connectivity index (χ1n) is 4.61. The fraction of sp³-hybridized carbons (Fsp3) is 0.364. The van der Waals surface area contributed by atoms with E-state index in [1.54, 1.807) is 0 Å². The molecule has 0 aromatic rings. The molecule has 0 radical (unpaired) electrons. The van der Waals surface area contributed by atoms with Crippen molar-refractivity contribution in [2.45, 2.75) is 20.3 Å². The quantitative estimate of drug-likeness (QED) is 0.176. The Morgan fingerprint density at radius 2 is 2.00 bits per heavy atom. The van der Waals surface area contributed by atoms with E-state index in [0.29, 0.717) is 6.42 Å². The van der Waals surface area contributed by atoms with E-state index in [9.17, 15) is 14.4 Å². The lowest BCUT2D eigenvalue weighted by Crippen LogP contribution is -2.13. The molecule has 0 aromatic carbocycles. The molecular formula is C11H13NO4. The van der Waals surface area contributed by atoms with Gasteiger partial charge in [-0.25, -0.2) is 19.4 Å². The van der Waals surface area contributed by atoms with Gasteiger partial charge in [0.05, 0.1) is 6.54 Å². The van der Waals surface area contributed by atoms with Crippen molar-refractivity contribution in [2.24, 2.45) is 4.99 Å². The smallest absolute Gasteiger partial charge is 0.341 e. The minimum atomic E-state index is -0.747. The third kappa shape index (κ3) is 5.67. The molecular weight excluding hydrogens is 210 g/mol.